The van der Waals surface area contributed by atoms with Crippen molar-refractivity contribution in [2.75, 3.05) is 0 Å². The Morgan fingerprint density at radius 3 is 2.79 bits per heavy atom. The van der Waals surface area contributed by atoms with Gasteiger partial charge in [0.2, 0.25) is 0 Å². The number of nitrogens with zero attached hydrogens (tertiary/aromatic N) is 4. The Kier molecular flexibility index (Phi) is 2.50. The van der Waals surface area contributed by atoms with Crippen LogP contribution < -0.4 is 5.73 Å². The molecular weight excluding hydrogens is 178 g/mol. The van der Waals surface area contributed by atoms with Gasteiger partial charge in [-0.3, -0.25) is 0 Å². The van der Waals surface area contributed by atoms with Crippen molar-refractivity contribution in [1.29, 1.82) is 0 Å². The van der Waals surface area contributed by atoms with E-state index in [0.29, 0.717) is 12.0 Å². The summed E-state index contributed by atoms with van der Waals surface area (Å²) in [5.41, 5.74) is 6.00. The van der Waals surface area contributed by atoms with Crippen LogP contribution in [-0.4, -0.2) is 20.2 Å². The summed E-state index contributed by atoms with van der Waals surface area (Å²) < 4.78 is 1.86. The normalized spacial score (nSPS) is 19.3. The zero-order valence-electron chi connectivity index (χ0n) is 8.61. The van der Waals surface area contributed by atoms with Gasteiger partial charge in [0.25, 0.3) is 0 Å². The van der Waals surface area contributed by atoms with Crippen LogP contribution in [0.2, 0.25) is 0 Å². The molecule has 5 heteroatoms. The lowest BCUT2D eigenvalue weighted by molar-refractivity contribution is 0.0926. The molecule has 0 bridgehead atoms. The maximum atomic E-state index is 5.55. The summed E-state index contributed by atoms with van der Waals surface area (Å²) in [6.07, 6.45) is 5.14. The van der Waals surface area contributed by atoms with E-state index in [2.05, 4.69) is 22.4 Å². The predicted octanol–water partition coefficient (Wildman–Crippen LogP) is 0.712. The van der Waals surface area contributed by atoms with Gasteiger partial charge in [0.15, 0.2) is 5.82 Å². The minimum Gasteiger partial charge on any atom is -0.324 e. The fraction of sp³-hybridized carbons (Fsp3) is 0.889. The van der Waals surface area contributed by atoms with Crippen LogP contribution in [0.1, 0.15) is 38.4 Å². The van der Waals surface area contributed by atoms with Crippen molar-refractivity contribution in [3.8, 4) is 0 Å². The molecule has 5 nitrogen and oxygen atoms in total. The van der Waals surface area contributed by atoms with E-state index in [1.54, 1.807) is 0 Å². The zero-order chi connectivity index (χ0) is 10.0. The van der Waals surface area contributed by atoms with E-state index in [1.165, 1.54) is 25.7 Å². The first-order valence-electron chi connectivity index (χ1n) is 5.25. The number of nitrogens with two attached hydrogens (primary N) is 1. The Hall–Kier alpha value is -0.970. The largest absolute Gasteiger partial charge is 0.324 e. The van der Waals surface area contributed by atoms with E-state index in [9.17, 15) is 0 Å². The van der Waals surface area contributed by atoms with Gasteiger partial charge in [0.1, 0.15) is 0 Å². The van der Waals surface area contributed by atoms with E-state index in [-0.39, 0.29) is 0 Å². The highest BCUT2D eigenvalue weighted by atomic mass is 15.5. The van der Waals surface area contributed by atoms with E-state index in [4.69, 9.17) is 5.73 Å². The number of rotatable bonds is 4. The fourth-order valence-electron chi connectivity index (χ4n) is 2.11. The van der Waals surface area contributed by atoms with Crippen LogP contribution in [0, 0.1) is 5.41 Å². The van der Waals surface area contributed by atoms with Gasteiger partial charge in [-0.2, -0.15) is 0 Å². The van der Waals surface area contributed by atoms with E-state index >= 15 is 0 Å². The summed E-state index contributed by atoms with van der Waals surface area (Å²) in [5.74, 6) is 0.796. The lowest BCUT2D eigenvalue weighted by Gasteiger charge is -2.41. The second kappa shape index (κ2) is 3.65. The van der Waals surface area contributed by atoms with Crippen molar-refractivity contribution in [3.63, 3.8) is 0 Å². The van der Waals surface area contributed by atoms with Crippen molar-refractivity contribution in [2.24, 2.45) is 11.1 Å². The first-order chi connectivity index (χ1) is 6.79. The van der Waals surface area contributed by atoms with E-state index in [1.807, 2.05) is 4.68 Å². The minimum absolute atomic E-state index is 0.423. The lowest BCUT2D eigenvalue weighted by Crippen LogP contribution is -2.34. The van der Waals surface area contributed by atoms with Crippen LogP contribution in [0.5, 0.6) is 0 Å². The number of tetrazole rings is 1. The molecule has 78 valence electrons. The smallest absolute Gasteiger partial charge is 0.164 e. The van der Waals surface area contributed by atoms with Gasteiger partial charge >= 0.3 is 0 Å². The predicted molar refractivity (Wildman–Crippen MR) is 52.3 cm³/mol. The maximum Gasteiger partial charge on any atom is 0.164 e. The molecule has 1 fully saturated rings. The van der Waals surface area contributed by atoms with Gasteiger partial charge in [0, 0.05) is 0 Å². The van der Waals surface area contributed by atoms with Gasteiger partial charge < -0.3 is 5.73 Å². The first kappa shape index (κ1) is 9.58. The summed E-state index contributed by atoms with van der Waals surface area (Å²) in [4.78, 5) is 0. The third-order valence-electron chi connectivity index (χ3n) is 3.44. The molecule has 0 radical (unpaired) electrons. The van der Waals surface area contributed by atoms with Crippen LogP contribution in [-0.2, 0) is 13.1 Å². The molecular formula is C9H17N5. The SMILES string of the molecule is CCC1(Cn2nnnc2CN)CCC1. The first-order valence-corrected chi connectivity index (χ1v) is 5.25. The molecule has 0 saturated heterocycles. The Morgan fingerprint density at radius 1 is 1.50 bits per heavy atom. The van der Waals surface area contributed by atoms with Gasteiger partial charge in [0.05, 0.1) is 13.1 Å². The Morgan fingerprint density at radius 2 is 2.29 bits per heavy atom. The Labute approximate surface area is 83.7 Å². The van der Waals surface area contributed by atoms with Crippen molar-refractivity contribution in [2.45, 2.75) is 45.7 Å². The lowest BCUT2D eigenvalue weighted by atomic mass is 9.67. The van der Waals surface area contributed by atoms with Crippen LogP contribution in [0.25, 0.3) is 0 Å². The molecule has 14 heavy (non-hydrogen) atoms. The molecule has 0 spiro atoms. The highest BCUT2D eigenvalue weighted by molar-refractivity contribution is 4.89. The average molecular weight is 195 g/mol. The molecule has 1 aromatic rings. The van der Waals surface area contributed by atoms with Gasteiger partial charge in [-0.05, 0) is 35.1 Å². The number of hydrogen-bond acceptors (Lipinski definition) is 4. The minimum atomic E-state index is 0.423. The number of hydrogen-bond donors (Lipinski definition) is 1. The Bertz CT molecular complexity index is 296. The highest BCUT2D eigenvalue weighted by Crippen LogP contribution is 2.44. The number of aromatic nitrogens is 4. The maximum absolute atomic E-state index is 5.55. The van der Waals surface area contributed by atoms with Crippen LogP contribution in [0.3, 0.4) is 0 Å². The fourth-order valence-corrected chi connectivity index (χ4v) is 2.11. The second-order valence-corrected chi connectivity index (χ2v) is 4.16. The molecule has 1 aromatic heterocycles. The zero-order valence-corrected chi connectivity index (χ0v) is 8.61. The quantitative estimate of drug-likeness (QED) is 0.768. The van der Waals surface area contributed by atoms with Crippen molar-refractivity contribution in [1.82, 2.24) is 20.2 Å². The molecule has 0 aromatic carbocycles. The van der Waals surface area contributed by atoms with Crippen molar-refractivity contribution < 1.29 is 0 Å². The Balaban J connectivity index is 2.09. The summed E-state index contributed by atoms with van der Waals surface area (Å²) in [5, 5.41) is 11.5. The molecule has 1 aliphatic carbocycles. The summed E-state index contributed by atoms with van der Waals surface area (Å²) >= 11 is 0. The van der Waals surface area contributed by atoms with Crippen LogP contribution in [0.15, 0.2) is 0 Å². The van der Waals surface area contributed by atoms with Gasteiger partial charge in [-0.25, -0.2) is 4.68 Å². The molecule has 1 heterocycles. The molecule has 1 saturated carbocycles. The summed E-state index contributed by atoms with van der Waals surface area (Å²) in [6.45, 7) is 3.60. The topological polar surface area (TPSA) is 69.6 Å². The van der Waals surface area contributed by atoms with Gasteiger partial charge in [-0.15, -0.1) is 5.10 Å². The van der Waals surface area contributed by atoms with E-state index < -0.39 is 0 Å². The molecule has 2 rings (SSSR count). The molecule has 2 N–H and O–H groups in total. The third kappa shape index (κ3) is 1.52. The van der Waals surface area contributed by atoms with E-state index in [0.717, 1.165) is 12.4 Å². The van der Waals surface area contributed by atoms with Gasteiger partial charge in [-0.1, -0.05) is 13.3 Å². The molecule has 0 atom stereocenters. The summed E-state index contributed by atoms with van der Waals surface area (Å²) in [6, 6.07) is 0. The molecule has 0 unspecified atom stereocenters. The van der Waals surface area contributed by atoms with Crippen molar-refractivity contribution in [3.05, 3.63) is 5.82 Å². The molecule has 0 aliphatic heterocycles. The monoisotopic (exact) mass is 195 g/mol. The van der Waals surface area contributed by atoms with Crippen LogP contribution >= 0.6 is 0 Å². The third-order valence-corrected chi connectivity index (χ3v) is 3.44. The highest BCUT2D eigenvalue weighted by Gasteiger charge is 2.36. The molecule has 0 amide bonds. The summed E-state index contributed by atoms with van der Waals surface area (Å²) in [7, 11) is 0. The van der Waals surface area contributed by atoms with Crippen molar-refractivity contribution >= 4 is 0 Å². The molecule has 1 aliphatic rings. The average Bonchev–Trinajstić information content (AvgIpc) is 2.58. The standard InChI is InChI=1S/C9H17N5/c1-2-9(4-3-5-9)7-14-8(6-10)11-12-13-14/h2-7,10H2,1H3. The van der Waals surface area contributed by atoms with Crippen LogP contribution in [0.4, 0.5) is 0 Å². The second-order valence-electron chi connectivity index (χ2n) is 4.16.